The van der Waals surface area contributed by atoms with E-state index in [2.05, 4.69) is 10.3 Å². The minimum absolute atomic E-state index is 0.0677. The van der Waals surface area contributed by atoms with Crippen molar-refractivity contribution in [1.82, 2.24) is 4.98 Å². The summed E-state index contributed by atoms with van der Waals surface area (Å²) >= 11 is 2.56. The number of thiazole rings is 1. The lowest BCUT2D eigenvalue weighted by Crippen LogP contribution is -2.12. The number of thiophene rings is 1. The molecule has 26 heavy (non-hydrogen) atoms. The molecule has 0 saturated heterocycles. The van der Waals surface area contributed by atoms with Crippen molar-refractivity contribution >= 4 is 39.5 Å². The third-order valence-electron chi connectivity index (χ3n) is 3.55. The van der Waals surface area contributed by atoms with Crippen LogP contribution in [0.15, 0.2) is 41.9 Å². The highest BCUT2D eigenvalue weighted by atomic mass is 32.1. The minimum atomic E-state index is -0.624. The monoisotopic (exact) mass is 392 g/mol. The summed E-state index contributed by atoms with van der Waals surface area (Å²) in [4.78, 5) is 29.3. The maximum Gasteiger partial charge on any atom is 0.226 e. The van der Waals surface area contributed by atoms with E-state index in [0.717, 1.165) is 10.9 Å². The molecular formula is C18H14F2N2O2S2. The number of ketones is 1. The second kappa shape index (κ2) is 8.29. The summed E-state index contributed by atoms with van der Waals surface area (Å²) in [5, 5.41) is 4.84. The quantitative estimate of drug-likeness (QED) is 0.594. The van der Waals surface area contributed by atoms with Crippen molar-refractivity contribution in [3.8, 4) is 0 Å². The Morgan fingerprint density at radius 1 is 1.15 bits per heavy atom. The number of hydrogen-bond donors (Lipinski definition) is 1. The fourth-order valence-corrected chi connectivity index (χ4v) is 3.82. The number of carbonyl (C=O) groups is 2. The molecule has 8 heteroatoms. The van der Waals surface area contributed by atoms with Gasteiger partial charge in [0.25, 0.3) is 0 Å². The van der Waals surface area contributed by atoms with Gasteiger partial charge in [-0.25, -0.2) is 13.8 Å². The number of hydrogen-bond acceptors (Lipinski definition) is 5. The summed E-state index contributed by atoms with van der Waals surface area (Å²) in [7, 11) is 0. The van der Waals surface area contributed by atoms with E-state index in [4.69, 9.17) is 0 Å². The summed E-state index contributed by atoms with van der Waals surface area (Å²) in [5.74, 6) is -1.61. The van der Waals surface area contributed by atoms with E-state index in [-0.39, 0.29) is 31.0 Å². The molecule has 3 rings (SSSR count). The Bertz CT molecular complexity index is 923. The van der Waals surface area contributed by atoms with Gasteiger partial charge in [-0.2, -0.15) is 0 Å². The Balaban J connectivity index is 1.53. The van der Waals surface area contributed by atoms with Crippen molar-refractivity contribution < 1.29 is 18.4 Å². The van der Waals surface area contributed by atoms with Gasteiger partial charge in [0, 0.05) is 36.4 Å². The van der Waals surface area contributed by atoms with Crippen molar-refractivity contribution in [1.29, 1.82) is 0 Å². The number of anilines is 1. The standard InChI is InChI=1S/C18H14F2N2O2S2/c19-12-4-3-11(14(20)9-12)8-13-10-21-18(26-13)22-17(24)6-5-15(23)16-2-1-7-25-16/h1-4,7,9-10H,5-6,8H2,(H,21,22,24). The molecule has 2 aromatic heterocycles. The lowest BCUT2D eigenvalue weighted by Gasteiger charge is -2.01. The number of nitrogens with zero attached hydrogens (tertiary/aromatic N) is 1. The highest BCUT2D eigenvalue weighted by molar-refractivity contribution is 7.15. The van der Waals surface area contributed by atoms with Gasteiger partial charge in [-0.3, -0.25) is 9.59 Å². The summed E-state index contributed by atoms with van der Waals surface area (Å²) < 4.78 is 26.6. The second-order valence-electron chi connectivity index (χ2n) is 5.49. The lowest BCUT2D eigenvalue weighted by molar-refractivity contribution is -0.116. The van der Waals surface area contributed by atoms with Gasteiger partial charge in [0.1, 0.15) is 11.6 Å². The van der Waals surface area contributed by atoms with Crippen LogP contribution in [0.2, 0.25) is 0 Å². The zero-order valence-electron chi connectivity index (χ0n) is 13.5. The summed E-state index contributed by atoms with van der Waals surface area (Å²) in [6.45, 7) is 0. The van der Waals surface area contributed by atoms with Gasteiger partial charge in [0.15, 0.2) is 10.9 Å². The average Bonchev–Trinajstić information content (AvgIpc) is 3.27. The topological polar surface area (TPSA) is 59.1 Å². The molecule has 4 nitrogen and oxygen atoms in total. The van der Waals surface area contributed by atoms with E-state index >= 15 is 0 Å². The fourth-order valence-electron chi connectivity index (χ4n) is 2.27. The first-order valence-corrected chi connectivity index (χ1v) is 9.46. The number of rotatable bonds is 7. The lowest BCUT2D eigenvalue weighted by atomic mass is 10.1. The highest BCUT2D eigenvalue weighted by Gasteiger charge is 2.13. The maximum absolute atomic E-state index is 13.7. The Hall–Kier alpha value is -2.45. The molecule has 1 aromatic carbocycles. The van der Waals surface area contributed by atoms with Gasteiger partial charge in [-0.1, -0.05) is 12.1 Å². The Labute approximate surface area is 156 Å². The van der Waals surface area contributed by atoms with Crippen LogP contribution in [0.1, 0.15) is 33.0 Å². The van der Waals surface area contributed by atoms with E-state index in [0.29, 0.717) is 15.6 Å². The molecule has 0 saturated carbocycles. The van der Waals surface area contributed by atoms with Crippen molar-refractivity contribution in [2.24, 2.45) is 0 Å². The molecule has 0 radical (unpaired) electrons. The highest BCUT2D eigenvalue weighted by Crippen LogP contribution is 2.23. The van der Waals surface area contributed by atoms with E-state index < -0.39 is 11.6 Å². The molecule has 0 fully saturated rings. The summed E-state index contributed by atoms with van der Waals surface area (Å²) in [5.41, 5.74) is 0.356. The van der Waals surface area contributed by atoms with Crippen molar-refractivity contribution in [3.05, 3.63) is 68.9 Å². The minimum Gasteiger partial charge on any atom is -0.302 e. The van der Waals surface area contributed by atoms with Crippen LogP contribution in [-0.4, -0.2) is 16.7 Å². The Kier molecular flexibility index (Phi) is 5.85. The zero-order valence-corrected chi connectivity index (χ0v) is 15.1. The number of nitrogens with one attached hydrogen (secondary N) is 1. The molecule has 1 amide bonds. The van der Waals surface area contributed by atoms with Crippen molar-refractivity contribution in [3.63, 3.8) is 0 Å². The normalized spacial score (nSPS) is 10.7. The molecule has 3 aromatic rings. The smallest absolute Gasteiger partial charge is 0.226 e. The van der Waals surface area contributed by atoms with Crippen LogP contribution in [0, 0.1) is 11.6 Å². The summed E-state index contributed by atoms with van der Waals surface area (Å²) in [6, 6.07) is 6.95. The van der Waals surface area contributed by atoms with Crippen LogP contribution in [0.25, 0.3) is 0 Å². The maximum atomic E-state index is 13.7. The Morgan fingerprint density at radius 3 is 2.73 bits per heavy atom. The number of aromatic nitrogens is 1. The number of carbonyl (C=O) groups excluding carboxylic acids is 2. The second-order valence-corrected chi connectivity index (χ2v) is 7.56. The van der Waals surface area contributed by atoms with Crippen molar-refractivity contribution in [2.45, 2.75) is 19.3 Å². The van der Waals surface area contributed by atoms with Crippen LogP contribution in [0.3, 0.4) is 0 Å². The predicted octanol–water partition coefficient (Wildman–Crippen LogP) is 4.68. The van der Waals surface area contributed by atoms with E-state index in [9.17, 15) is 18.4 Å². The Morgan fingerprint density at radius 2 is 2.00 bits per heavy atom. The number of halogens is 2. The van der Waals surface area contributed by atoms with Crippen LogP contribution in [-0.2, 0) is 11.2 Å². The molecule has 0 atom stereocenters. The SMILES string of the molecule is O=C(CCC(=O)c1cccs1)Nc1ncc(Cc2ccc(F)cc2F)s1. The molecular weight excluding hydrogens is 378 g/mol. The van der Waals surface area contributed by atoms with Gasteiger partial charge < -0.3 is 5.32 Å². The van der Waals surface area contributed by atoms with Crippen LogP contribution in [0.4, 0.5) is 13.9 Å². The van der Waals surface area contributed by atoms with Crippen LogP contribution in [0.5, 0.6) is 0 Å². The first kappa shape index (κ1) is 18.3. The molecule has 0 aliphatic carbocycles. The average molecular weight is 392 g/mol. The molecule has 0 aliphatic rings. The third kappa shape index (κ3) is 4.80. The third-order valence-corrected chi connectivity index (χ3v) is 5.38. The van der Waals surface area contributed by atoms with E-state index in [1.165, 1.54) is 34.8 Å². The molecule has 0 bridgehead atoms. The van der Waals surface area contributed by atoms with Crippen molar-refractivity contribution in [2.75, 3.05) is 5.32 Å². The fraction of sp³-hybridized carbons (Fsp3) is 0.167. The van der Waals surface area contributed by atoms with E-state index in [1.54, 1.807) is 18.3 Å². The van der Waals surface area contributed by atoms with Gasteiger partial charge in [-0.15, -0.1) is 22.7 Å². The van der Waals surface area contributed by atoms with E-state index in [1.807, 2.05) is 5.38 Å². The zero-order chi connectivity index (χ0) is 18.5. The summed E-state index contributed by atoms with van der Waals surface area (Å²) in [6.07, 6.45) is 2.00. The molecule has 0 spiro atoms. The first-order valence-electron chi connectivity index (χ1n) is 7.76. The molecule has 134 valence electrons. The van der Waals surface area contributed by atoms with Gasteiger partial charge in [0.05, 0.1) is 4.88 Å². The largest absolute Gasteiger partial charge is 0.302 e. The van der Waals surface area contributed by atoms with Gasteiger partial charge >= 0.3 is 0 Å². The number of amides is 1. The van der Waals surface area contributed by atoms with Gasteiger partial charge in [-0.05, 0) is 23.1 Å². The van der Waals surface area contributed by atoms with Gasteiger partial charge in [0.2, 0.25) is 5.91 Å². The number of Topliss-reactive ketones (excluding diaryl/α,β-unsaturated/α-hetero) is 1. The van der Waals surface area contributed by atoms with Crippen LogP contribution >= 0.6 is 22.7 Å². The molecule has 0 aliphatic heterocycles. The molecule has 2 heterocycles. The first-order chi connectivity index (χ1) is 12.5. The molecule has 1 N–H and O–H groups in total. The predicted molar refractivity (Wildman–Crippen MR) is 97.8 cm³/mol. The number of benzene rings is 1. The van der Waals surface area contributed by atoms with Crippen LogP contribution < -0.4 is 5.32 Å². The molecule has 0 unspecified atom stereocenters.